The maximum absolute atomic E-state index is 12.5. The maximum Gasteiger partial charge on any atom is 0.252 e. The van der Waals surface area contributed by atoms with E-state index in [9.17, 15) is 13.6 Å². The Morgan fingerprint density at radius 3 is 2.38 bits per heavy atom. The Balaban J connectivity index is 1.75. The molecule has 1 aliphatic heterocycles. The highest BCUT2D eigenvalue weighted by Gasteiger charge is 2.56. The fourth-order valence-electron chi connectivity index (χ4n) is 1.76. The molecule has 0 amide bonds. The van der Waals surface area contributed by atoms with E-state index in [2.05, 4.69) is 0 Å². The van der Waals surface area contributed by atoms with Crippen molar-refractivity contribution in [3.05, 3.63) is 0 Å². The zero-order valence-corrected chi connectivity index (χ0v) is 7.43. The van der Waals surface area contributed by atoms with Gasteiger partial charge in [-0.3, -0.25) is 4.79 Å². The van der Waals surface area contributed by atoms with Crippen LogP contribution in [0.5, 0.6) is 0 Å². The summed E-state index contributed by atoms with van der Waals surface area (Å²) >= 11 is 0. The lowest BCUT2D eigenvalue weighted by Gasteiger charge is -2.25. The molecule has 1 atom stereocenters. The van der Waals surface area contributed by atoms with Gasteiger partial charge in [0.25, 0.3) is 5.92 Å². The summed E-state index contributed by atoms with van der Waals surface area (Å²) in [7, 11) is 0. The third-order valence-electron chi connectivity index (χ3n) is 2.85. The van der Waals surface area contributed by atoms with E-state index in [1.54, 1.807) is 0 Å². The van der Waals surface area contributed by atoms with Crippen molar-refractivity contribution in [3.8, 4) is 0 Å². The number of hydrogen-bond donors (Lipinski definition) is 0. The van der Waals surface area contributed by atoms with Gasteiger partial charge in [-0.05, 0) is 0 Å². The first-order valence-electron chi connectivity index (χ1n) is 4.70. The SMILES string of the molecule is O=C1CCN(CC2CC2(F)F)CC1. The van der Waals surface area contributed by atoms with Crippen LogP contribution in [-0.4, -0.2) is 36.2 Å². The molecule has 2 fully saturated rings. The molecular weight excluding hydrogens is 176 g/mol. The molecule has 1 unspecified atom stereocenters. The van der Waals surface area contributed by atoms with Gasteiger partial charge in [-0.1, -0.05) is 0 Å². The monoisotopic (exact) mass is 189 g/mol. The number of hydrogen-bond acceptors (Lipinski definition) is 2. The van der Waals surface area contributed by atoms with Crippen molar-refractivity contribution < 1.29 is 13.6 Å². The smallest absolute Gasteiger partial charge is 0.252 e. The highest BCUT2D eigenvalue weighted by Crippen LogP contribution is 2.48. The number of alkyl halides is 2. The molecule has 4 heteroatoms. The minimum atomic E-state index is -2.42. The van der Waals surface area contributed by atoms with Crippen molar-refractivity contribution >= 4 is 5.78 Å². The molecule has 2 rings (SSSR count). The van der Waals surface area contributed by atoms with Crippen molar-refractivity contribution in [1.82, 2.24) is 4.90 Å². The van der Waals surface area contributed by atoms with Gasteiger partial charge in [0.2, 0.25) is 0 Å². The second-order valence-corrected chi connectivity index (χ2v) is 4.00. The number of ketones is 1. The summed E-state index contributed by atoms with van der Waals surface area (Å²) in [5.74, 6) is -2.60. The lowest BCUT2D eigenvalue weighted by Crippen LogP contribution is -2.35. The molecule has 1 heterocycles. The Morgan fingerprint density at radius 1 is 1.38 bits per heavy atom. The van der Waals surface area contributed by atoms with Gasteiger partial charge in [0.1, 0.15) is 5.78 Å². The topological polar surface area (TPSA) is 20.3 Å². The van der Waals surface area contributed by atoms with E-state index in [1.165, 1.54) is 0 Å². The molecule has 2 nitrogen and oxygen atoms in total. The molecule has 74 valence electrons. The van der Waals surface area contributed by atoms with Gasteiger partial charge in [0.15, 0.2) is 0 Å². The van der Waals surface area contributed by atoms with Gasteiger partial charge in [-0.2, -0.15) is 0 Å². The summed E-state index contributed by atoms with van der Waals surface area (Å²) in [5.41, 5.74) is 0. The number of rotatable bonds is 2. The molecule has 0 aromatic heterocycles. The average Bonchev–Trinajstić information content (AvgIpc) is 2.64. The van der Waals surface area contributed by atoms with Gasteiger partial charge in [-0.15, -0.1) is 0 Å². The van der Waals surface area contributed by atoms with Crippen molar-refractivity contribution in [1.29, 1.82) is 0 Å². The van der Waals surface area contributed by atoms with Gasteiger partial charge in [0.05, 0.1) is 0 Å². The van der Waals surface area contributed by atoms with Crippen LogP contribution in [-0.2, 0) is 4.79 Å². The van der Waals surface area contributed by atoms with Crippen LogP contribution in [0.25, 0.3) is 0 Å². The van der Waals surface area contributed by atoms with Crippen LogP contribution >= 0.6 is 0 Å². The quantitative estimate of drug-likeness (QED) is 0.652. The molecule has 0 bridgehead atoms. The zero-order chi connectivity index (χ0) is 9.47. The second-order valence-electron chi connectivity index (χ2n) is 4.00. The number of Topliss-reactive ketones (excluding diaryl/α,β-unsaturated/α-hetero) is 1. The van der Waals surface area contributed by atoms with Crippen LogP contribution in [0.15, 0.2) is 0 Å². The van der Waals surface area contributed by atoms with Crippen molar-refractivity contribution in [2.24, 2.45) is 5.92 Å². The van der Waals surface area contributed by atoms with E-state index in [0.717, 1.165) is 0 Å². The van der Waals surface area contributed by atoms with Crippen LogP contribution in [0.4, 0.5) is 8.78 Å². The first-order chi connectivity index (χ1) is 6.08. The number of carbonyl (C=O) groups excluding carboxylic acids is 1. The number of nitrogens with zero attached hydrogens (tertiary/aromatic N) is 1. The molecule has 0 aromatic carbocycles. The summed E-state index contributed by atoms with van der Waals surface area (Å²) in [4.78, 5) is 12.8. The van der Waals surface area contributed by atoms with Gasteiger partial charge < -0.3 is 4.90 Å². The fraction of sp³-hybridized carbons (Fsp3) is 0.889. The maximum atomic E-state index is 12.5. The molecule has 0 aromatic rings. The number of halogens is 2. The van der Waals surface area contributed by atoms with Crippen molar-refractivity contribution in [2.45, 2.75) is 25.2 Å². The predicted octanol–water partition coefficient (Wildman–Crippen LogP) is 1.31. The van der Waals surface area contributed by atoms with E-state index >= 15 is 0 Å². The van der Waals surface area contributed by atoms with E-state index in [1.807, 2.05) is 4.90 Å². The van der Waals surface area contributed by atoms with Crippen molar-refractivity contribution in [2.75, 3.05) is 19.6 Å². The van der Waals surface area contributed by atoms with Gasteiger partial charge >= 0.3 is 0 Å². The summed E-state index contributed by atoms with van der Waals surface area (Å²) < 4.78 is 25.1. The average molecular weight is 189 g/mol. The molecule has 1 aliphatic carbocycles. The number of piperidine rings is 1. The highest BCUT2D eigenvalue weighted by atomic mass is 19.3. The molecule has 1 saturated carbocycles. The standard InChI is InChI=1S/C9H13F2NO/c10-9(11)5-7(9)6-12-3-1-8(13)2-4-12/h7H,1-6H2. The number of likely N-dealkylation sites (tertiary alicyclic amines) is 1. The summed E-state index contributed by atoms with van der Waals surface area (Å²) in [5, 5.41) is 0. The lowest BCUT2D eigenvalue weighted by molar-refractivity contribution is -0.121. The molecule has 1 saturated heterocycles. The molecule has 0 spiro atoms. The van der Waals surface area contributed by atoms with Crippen LogP contribution < -0.4 is 0 Å². The first-order valence-corrected chi connectivity index (χ1v) is 4.70. The second kappa shape index (κ2) is 3.01. The summed E-state index contributed by atoms with van der Waals surface area (Å²) in [6, 6.07) is 0. The first kappa shape index (κ1) is 9.06. The van der Waals surface area contributed by atoms with E-state index in [4.69, 9.17) is 0 Å². The normalized spacial score (nSPS) is 33.4. The van der Waals surface area contributed by atoms with E-state index in [0.29, 0.717) is 32.5 Å². The summed E-state index contributed by atoms with van der Waals surface area (Å²) in [6.45, 7) is 1.82. The number of carbonyl (C=O) groups is 1. The Kier molecular flexibility index (Phi) is 2.10. The zero-order valence-electron chi connectivity index (χ0n) is 7.43. The minimum Gasteiger partial charge on any atom is -0.302 e. The van der Waals surface area contributed by atoms with Gasteiger partial charge in [-0.25, -0.2) is 8.78 Å². The van der Waals surface area contributed by atoms with E-state index < -0.39 is 11.8 Å². The Hall–Kier alpha value is -0.510. The van der Waals surface area contributed by atoms with Crippen LogP contribution in [0.3, 0.4) is 0 Å². The van der Waals surface area contributed by atoms with Crippen LogP contribution in [0.1, 0.15) is 19.3 Å². The van der Waals surface area contributed by atoms with E-state index in [-0.39, 0.29) is 12.2 Å². The molecule has 13 heavy (non-hydrogen) atoms. The minimum absolute atomic E-state index is 0.0391. The lowest BCUT2D eigenvalue weighted by atomic mass is 10.1. The molecule has 2 aliphatic rings. The Bertz CT molecular complexity index is 220. The Morgan fingerprint density at radius 2 is 1.92 bits per heavy atom. The van der Waals surface area contributed by atoms with Crippen molar-refractivity contribution in [3.63, 3.8) is 0 Å². The largest absolute Gasteiger partial charge is 0.302 e. The van der Waals surface area contributed by atoms with Crippen LogP contribution in [0, 0.1) is 5.92 Å². The third kappa shape index (κ3) is 2.05. The third-order valence-corrected chi connectivity index (χ3v) is 2.85. The predicted molar refractivity (Wildman–Crippen MR) is 43.7 cm³/mol. The molecule has 0 N–H and O–H groups in total. The van der Waals surface area contributed by atoms with Crippen LogP contribution in [0.2, 0.25) is 0 Å². The molecule has 0 radical (unpaired) electrons. The molecular formula is C9H13F2NO. The Labute approximate surface area is 75.9 Å². The fourth-order valence-corrected chi connectivity index (χ4v) is 1.76. The van der Waals surface area contributed by atoms with Gasteiger partial charge in [0, 0.05) is 44.8 Å². The highest BCUT2D eigenvalue weighted by molar-refractivity contribution is 5.79. The summed E-state index contributed by atoms with van der Waals surface area (Å²) in [6.07, 6.45) is 1.12.